The highest BCUT2D eigenvalue weighted by atomic mass is 35.5. The Bertz CT molecular complexity index is 989. The van der Waals surface area contributed by atoms with Gasteiger partial charge in [-0.25, -0.2) is 0 Å². The van der Waals surface area contributed by atoms with Crippen LogP contribution in [0.4, 0.5) is 0 Å². The number of nitrogens with zero attached hydrogens (tertiary/aromatic N) is 4. The lowest BCUT2D eigenvalue weighted by atomic mass is 9.95. The van der Waals surface area contributed by atoms with Crippen molar-refractivity contribution in [3.63, 3.8) is 0 Å². The quantitative estimate of drug-likeness (QED) is 0.633. The molecule has 0 spiro atoms. The fraction of sp³-hybridized carbons (Fsp3) is 0.211. The summed E-state index contributed by atoms with van der Waals surface area (Å²) in [5, 5.41) is 8.99. The Morgan fingerprint density at radius 2 is 1.84 bits per heavy atom. The third-order valence-corrected chi connectivity index (χ3v) is 4.91. The zero-order valence-electron chi connectivity index (χ0n) is 13.9. The lowest BCUT2D eigenvalue weighted by Crippen LogP contribution is -2.08. The highest BCUT2D eigenvalue weighted by Crippen LogP contribution is 2.32. The van der Waals surface area contributed by atoms with Crippen molar-refractivity contribution in [2.75, 3.05) is 0 Å². The molecule has 0 N–H and O–H groups in total. The average molecular weight is 371 g/mol. The summed E-state index contributed by atoms with van der Waals surface area (Å²) in [4.78, 5) is 4.81. The van der Waals surface area contributed by atoms with Gasteiger partial charge in [0.1, 0.15) is 6.54 Å². The largest absolute Gasteiger partial charge is 0.276 e. The summed E-state index contributed by atoms with van der Waals surface area (Å²) in [6.07, 6.45) is 0. The van der Waals surface area contributed by atoms with Gasteiger partial charge in [-0.15, -0.1) is 10.2 Å². The van der Waals surface area contributed by atoms with Gasteiger partial charge in [0.05, 0.1) is 16.4 Å². The first kappa shape index (κ1) is 16.3. The molecule has 4 rings (SSSR count). The molecule has 2 heterocycles. The molecule has 0 atom stereocenters. The van der Waals surface area contributed by atoms with E-state index in [0.717, 1.165) is 22.5 Å². The summed E-state index contributed by atoms with van der Waals surface area (Å²) in [7, 11) is 0. The van der Waals surface area contributed by atoms with Crippen LogP contribution in [-0.4, -0.2) is 20.5 Å². The predicted molar refractivity (Wildman–Crippen MR) is 101 cm³/mol. The Morgan fingerprint density at radius 3 is 2.64 bits per heavy atom. The van der Waals surface area contributed by atoms with Crippen LogP contribution in [0.25, 0.3) is 5.69 Å². The van der Waals surface area contributed by atoms with E-state index in [1.807, 2.05) is 18.2 Å². The van der Waals surface area contributed by atoms with Crippen molar-refractivity contribution < 1.29 is 0 Å². The van der Waals surface area contributed by atoms with Crippen LogP contribution in [0.1, 0.15) is 42.3 Å². The predicted octanol–water partition coefficient (Wildman–Crippen LogP) is 5.05. The first-order valence-electron chi connectivity index (χ1n) is 8.10. The standard InChI is InChI=1S/C19H16Cl2N4/c1-11(2)12-5-3-6-13(9-12)17-14-7-4-8-15(20)18(14)25-16(10-22-17)23-24-19(25)21/h3-9,11H,10H2,1-2H3. The minimum atomic E-state index is 0.289. The molecular weight excluding hydrogens is 355 g/mol. The Hall–Kier alpha value is -2.17. The van der Waals surface area contributed by atoms with E-state index in [4.69, 9.17) is 28.2 Å². The minimum absolute atomic E-state index is 0.289. The zero-order chi connectivity index (χ0) is 17.6. The molecule has 0 radical (unpaired) electrons. The first-order chi connectivity index (χ1) is 12.1. The summed E-state index contributed by atoms with van der Waals surface area (Å²) < 4.78 is 1.78. The van der Waals surface area contributed by atoms with Gasteiger partial charge in [-0.1, -0.05) is 55.8 Å². The molecule has 3 aromatic rings. The molecule has 4 nitrogen and oxygen atoms in total. The van der Waals surface area contributed by atoms with Gasteiger partial charge in [0, 0.05) is 11.1 Å². The van der Waals surface area contributed by atoms with Crippen LogP contribution in [0.5, 0.6) is 0 Å². The van der Waals surface area contributed by atoms with Crippen LogP contribution in [0.15, 0.2) is 47.5 Å². The maximum absolute atomic E-state index is 6.52. The Kier molecular flexibility index (Phi) is 4.10. The van der Waals surface area contributed by atoms with Crippen LogP contribution < -0.4 is 0 Å². The molecule has 0 fully saturated rings. The van der Waals surface area contributed by atoms with E-state index in [1.54, 1.807) is 4.57 Å². The average Bonchev–Trinajstić information content (AvgIpc) is 2.87. The van der Waals surface area contributed by atoms with Crippen molar-refractivity contribution in [3.05, 3.63) is 75.3 Å². The molecule has 1 aliphatic heterocycles. The van der Waals surface area contributed by atoms with Crippen molar-refractivity contribution in [2.45, 2.75) is 26.3 Å². The number of aromatic nitrogens is 3. The topological polar surface area (TPSA) is 43.1 Å². The van der Waals surface area contributed by atoms with Gasteiger partial charge in [-0.05, 0) is 35.2 Å². The number of aliphatic imine (C=N–C) groups is 1. The van der Waals surface area contributed by atoms with Crippen molar-refractivity contribution in [3.8, 4) is 5.69 Å². The van der Waals surface area contributed by atoms with Crippen molar-refractivity contribution >= 4 is 28.9 Å². The molecule has 0 saturated heterocycles. The lowest BCUT2D eigenvalue weighted by molar-refractivity contribution is 0.865. The van der Waals surface area contributed by atoms with E-state index in [0.29, 0.717) is 23.3 Å². The van der Waals surface area contributed by atoms with E-state index in [2.05, 4.69) is 48.3 Å². The van der Waals surface area contributed by atoms with Gasteiger partial charge in [0.25, 0.3) is 0 Å². The minimum Gasteiger partial charge on any atom is -0.276 e. The maximum atomic E-state index is 6.52. The van der Waals surface area contributed by atoms with Crippen LogP contribution in [0.3, 0.4) is 0 Å². The Morgan fingerprint density at radius 1 is 1.04 bits per heavy atom. The summed E-state index contributed by atoms with van der Waals surface area (Å²) in [5.41, 5.74) is 4.92. The van der Waals surface area contributed by atoms with Gasteiger partial charge in [0.2, 0.25) is 5.28 Å². The van der Waals surface area contributed by atoms with E-state index in [9.17, 15) is 0 Å². The monoisotopic (exact) mass is 370 g/mol. The summed E-state index contributed by atoms with van der Waals surface area (Å²) in [6, 6.07) is 14.2. The molecule has 1 aromatic heterocycles. The second-order valence-electron chi connectivity index (χ2n) is 6.30. The lowest BCUT2D eigenvalue weighted by Gasteiger charge is -2.14. The molecule has 0 saturated carbocycles. The molecule has 6 heteroatoms. The van der Waals surface area contributed by atoms with Crippen molar-refractivity contribution in [2.24, 2.45) is 4.99 Å². The number of fused-ring (bicyclic) bond motifs is 3. The highest BCUT2D eigenvalue weighted by molar-refractivity contribution is 6.34. The third kappa shape index (κ3) is 2.75. The van der Waals surface area contributed by atoms with Gasteiger partial charge in [-0.3, -0.25) is 9.56 Å². The van der Waals surface area contributed by atoms with Crippen molar-refractivity contribution in [1.29, 1.82) is 0 Å². The number of rotatable bonds is 2. The number of hydrogen-bond acceptors (Lipinski definition) is 3. The molecule has 126 valence electrons. The third-order valence-electron chi connectivity index (χ3n) is 4.36. The van der Waals surface area contributed by atoms with E-state index < -0.39 is 0 Å². The van der Waals surface area contributed by atoms with Gasteiger partial charge >= 0.3 is 0 Å². The van der Waals surface area contributed by atoms with Crippen LogP contribution in [0, 0.1) is 0 Å². The summed E-state index contributed by atoms with van der Waals surface area (Å²) in [5.74, 6) is 1.12. The number of benzene rings is 2. The van der Waals surface area contributed by atoms with Gasteiger partial charge < -0.3 is 0 Å². The number of halogens is 2. The SMILES string of the molecule is CC(C)c1cccc(C2=NCc3nnc(Cl)n3-c3c(Cl)cccc32)c1. The second-order valence-corrected chi connectivity index (χ2v) is 7.05. The number of para-hydroxylation sites is 1. The zero-order valence-corrected chi connectivity index (χ0v) is 15.4. The maximum Gasteiger partial charge on any atom is 0.229 e. The van der Waals surface area contributed by atoms with E-state index in [-0.39, 0.29) is 5.28 Å². The smallest absolute Gasteiger partial charge is 0.229 e. The molecule has 2 aromatic carbocycles. The molecule has 25 heavy (non-hydrogen) atoms. The molecule has 0 bridgehead atoms. The number of hydrogen-bond donors (Lipinski definition) is 0. The second kappa shape index (κ2) is 6.28. The van der Waals surface area contributed by atoms with Gasteiger partial charge in [0.15, 0.2) is 5.82 Å². The molecule has 1 aliphatic rings. The van der Waals surface area contributed by atoms with Crippen molar-refractivity contribution in [1.82, 2.24) is 14.8 Å². The highest BCUT2D eigenvalue weighted by Gasteiger charge is 2.24. The summed E-state index contributed by atoms with van der Waals surface area (Å²) in [6.45, 7) is 4.76. The van der Waals surface area contributed by atoms with E-state index in [1.165, 1.54) is 5.56 Å². The Balaban J connectivity index is 1.96. The van der Waals surface area contributed by atoms with Crippen LogP contribution in [0.2, 0.25) is 10.3 Å². The fourth-order valence-corrected chi connectivity index (χ4v) is 3.56. The fourth-order valence-electron chi connectivity index (χ4n) is 3.08. The van der Waals surface area contributed by atoms with E-state index >= 15 is 0 Å². The summed E-state index contributed by atoms with van der Waals surface area (Å²) >= 11 is 12.8. The molecule has 0 unspecified atom stereocenters. The molecular formula is C19H16Cl2N4. The van der Waals surface area contributed by atoms with Crippen LogP contribution >= 0.6 is 23.2 Å². The Labute approximate surface area is 156 Å². The molecule has 0 amide bonds. The van der Waals surface area contributed by atoms with Gasteiger partial charge in [-0.2, -0.15) is 0 Å². The first-order valence-corrected chi connectivity index (χ1v) is 8.85. The normalized spacial score (nSPS) is 13.2. The van der Waals surface area contributed by atoms with Crippen LogP contribution in [-0.2, 0) is 6.54 Å². The molecule has 0 aliphatic carbocycles.